The van der Waals surface area contributed by atoms with Crippen molar-refractivity contribution in [2.75, 3.05) is 46.9 Å². The van der Waals surface area contributed by atoms with Gasteiger partial charge in [-0.1, -0.05) is 26.0 Å². The van der Waals surface area contributed by atoms with Gasteiger partial charge in [-0.3, -0.25) is 9.69 Å². The standard InChI is InChI=1S/C19H31N3O2/c1-15(2)13-19(23)20-14-18(22-11-9-21(3)10-12-22)16-5-7-17(24-4)8-6-16/h5-8,15,18H,9-14H2,1-4H3,(H,20,23). The second-order valence-electron chi connectivity index (χ2n) is 7.03. The summed E-state index contributed by atoms with van der Waals surface area (Å²) in [5, 5.41) is 3.12. The Labute approximate surface area is 146 Å². The number of ether oxygens (including phenoxy) is 1. The van der Waals surface area contributed by atoms with Crippen molar-refractivity contribution in [1.29, 1.82) is 0 Å². The van der Waals surface area contributed by atoms with Crippen LogP contribution in [0.1, 0.15) is 31.9 Å². The molecule has 5 nitrogen and oxygen atoms in total. The summed E-state index contributed by atoms with van der Waals surface area (Å²) in [4.78, 5) is 16.9. The van der Waals surface area contributed by atoms with Crippen molar-refractivity contribution in [3.63, 3.8) is 0 Å². The Morgan fingerprint density at radius 3 is 2.33 bits per heavy atom. The summed E-state index contributed by atoms with van der Waals surface area (Å²) >= 11 is 0. The van der Waals surface area contributed by atoms with Crippen LogP contribution < -0.4 is 10.1 Å². The van der Waals surface area contributed by atoms with Crippen LogP contribution in [-0.2, 0) is 4.79 Å². The summed E-state index contributed by atoms with van der Waals surface area (Å²) in [7, 11) is 3.84. The molecule has 1 aromatic carbocycles. The number of likely N-dealkylation sites (N-methyl/N-ethyl adjacent to an activating group) is 1. The fourth-order valence-corrected chi connectivity index (χ4v) is 3.07. The van der Waals surface area contributed by atoms with Gasteiger partial charge in [-0.05, 0) is 30.7 Å². The van der Waals surface area contributed by atoms with Gasteiger partial charge in [0.1, 0.15) is 5.75 Å². The zero-order chi connectivity index (χ0) is 17.5. The van der Waals surface area contributed by atoms with Crippen molar-refractivity contribution >= 4 is 5.91 Å². The van der Waals surface area contributed by atoms with Crippen LogP contribution in [0.2, 0.25) is 0 Å². The van der Waals surface area contributed by atoms with Gasteiger partial charge in [0.25, 0.3) is 0 Å². The normalized spacial score (nSPS) is 17.7. The summed E-state index contributed by atoms with van der Waals surface area (Å²) in [6.45, 7) is 8.96. The Morgan fingerprint density at radius 2 is 1.79 bits per heavy atom. The number of carbonyl (C=O) groups is 1. The highest BCUT2D eigenvalue weighted by Gasteiger charge is 2.24. The Bertz CT molecular complexity index is 508. The predicted molar refractivity (Wildman–Crippen MR) is 97.3 cm³/mol. The molecule has 0 spiro atoms. The van der Waals surface area contributed by atoms with Gasteiger partial charge < -0.3 is 15.0 Å². The maximum atomic E-state index is 12.1. The molecule has 1 aliphatic rings. The summed E-state index contributed by atoms with van der Waals surface area (Å²) in [5.74, 6) is 1.38. The zero-order valence-corrected chi connectivity index (χ0v) is 15.4. The highest BCUT2D eigenvalue weighted by atomic mass is 16.5. The van der Waals surface area contributed by atoms with Crippen LogP contribution >= 0.6 is 0 Å². The first-order chi connectivity index (χ1) is 11.5. The molecule has 0 saturated carbocycles. The number of benzene rings is 1. The van der Waals surface area contributed by atoms with E-state index in [4.69, 9.17) is 4.74 Å². The third-order valence-electron chi connectivity index (χ3n) is 4.57. The van der Waals surface area contributed by atoms with Crippen LogP contribution in [0.4, 0.5) is 0 Å². The van der Waals surface area contributed by atoms with E-state index >= 15 is 0 Å². The molecule has 0 radical (unpaired) electrons. The summed E-state index contributed by atoms with van der Waals surface area (Å²) in [6.07, 6.45) is 0.581. The van der Waals surface area contributed by atoms with E-state index < -0.39 is 0 Å². The molecule has 24 heavy (non-hydrogen) atoms. The fourth-order valence-electron chi connectivity index (χ4n) is 3.07. The number of hydrogen-bond acceptors (Lipinski definition) is 4. The maximum Gasteiger partial charge on any atom is 0.220 e. The monoisotopic (exact) mass is 333 g/mol. The molecule has 2 rings (SSSR count). The quantitative estimate of drug-likeness (QED) is 0.830. The molecule has 1 saturated heterocycles. The van der Waals surface area contributed by atoms with E-state index in [-0.39, 0.29) is 11.9 Å². The van der Waals surface area contributed by atoms with Crippen LogP contribution in [-0.4, -0.2) is 62.6 Å². The Hall–Kier alpha value is -1.59. The summed E-state index contributed by atoms with van der Waals surface area (Å²) in [5.41, 5.74) is 1.23. The molecule has 1 unspecified atom stereocenters. The number of carbonyl (C=O) groups excluding carboxylic acids is 1. The van der Waals surface area contributed by atoms with Gasteiger partial charge >= 0.3 is 0 Å². The molecule has 1 fully saturated rings. The Morgan fingerprint density at radius 1 is 1.17 bits per heavy atom. The van der Waals surface area contributed by atoms with Crippen LogP contribution in [0, 0.1) is 5.92 Å². The minimum absolute atomic E-state index is 0.137. The highest BCUT2D eigenvalue weighted by molar-refractivity contribution is 5.76. The van der Waals surface area contributed by atoms with E-state index in [0.717, 1.165) is 31.9 Å². The van der Waals surface area contributed by atoms with Crippen LogP contribution in [0.5, 0.6) is 5.75 Å². The first-order valence-corrected chi connectivity index (χ1v) is 8.83. The van der Waals surface area contributed by atoms with Crippen molar-refractivity contribution in [1.82, 2.24) is 15.1 Å². The largest absolute Gasteiger partial charge is 0.497 e. The lowest BCUT2D eigenvalue weighted by atomic mass is 10.0. The van der Waals surface area contributed by atoms with Crippen molar-refractivity contribution in [2.45, 2.75) is 26.3 Å². The van der Waals surface area contributed by atoms with Crippen molar-refractivity contribution in [3.8, 4) is 5.75 Å². The third-order valence-corrected chi connectivity index (χ3v) is 4.57. The van der Waals surface area contributed by atoms with Crippen molar-refractivity contribution < 1.29 is 9.53 Å². The lowest BCUT2D eigenvalue weighted by Gasteiger charge is -2.38. The molecule has 1 aliphatic heterocycles. The first-order valence-electron chi connectivity index (χ1n) is 8.83. The van der Waals surface area contributed by atoms with Gasteiger partial charge in [0, 0.05) is 39.1 Å². The Balaban J connectivity index is 2.06. The first kappa shape index (κ1) is 18.7. The number of amides is 1. The number of nitrogens with one attached hydrogen (secondary N) is 1. The second kappa shape index (κ2) is 9.04. The average Bonchev–Trinajstić information content (AvgIpc) is 2.56. The van der Waals surface area contributed by atoms with Crippen molar-refractivity contribution in [2.24, 2.45) is 5.92 Å². The molecular formula is C19H31N3O2. The van der Waals surface area contributed by atoms with E-state index in [1.165, 1.54) is 5.56 Å². The SMILES string of the molecule is COc1ccc(C(CNC(=O)CC(C)C)N2CCN(C)CC2)cc1. The lowest BCUT2D eigenvalue weighted by molar-refractivity contribution is -0.122. The fraction of sp³-hybridized carbons (Fsp3) is 0.632. The van der Waals surface area contributed by atoms with Gasteiger partial charge in [0.2, 0.25) is 5.91 Å². The molecule has 5 heteroatoms. The molecule has 0 aliphatic carbocycles. The molecule has 0 bridgehead atoms. The number of nitrogens with zero attached hydrogens (tertiary/aromatic N) is 2. The third kappa shape index (κ3) is 5.49. The zero-order valence-electron chi connectivity index (χ0n) is 15.4. The molecular weight excluding hydrogens is 302 g/mol. The van der Waals surface area contributed by atoms with E-state index in [1.54, 1.807) is 7.11 Å². The molecule has 1 N–H and O–H groups in total. The number of rotatable bonds is 7. The second-order valence-corrected chi connectivity index (χ2v) is 7.03. The number of hydrogen-bond donors (Lipinski definition) is 1. The van der Waals surface area contributed by atoms with Gasteiger partial charge in [-0.15, -0.1) is 0 Å². The van der Waals surface area contributed by atoms with Gasteiger partial charge in [0.15, 0.2) is 0 Å². The minimum atomic E-state index is 0.137. The summed E-state index contributed by atoms with van der Waals surface area (Å²) < 4.78 is 5.26. The molecule has 134 valence electrons. The predicted octanol–water partition coefficient (Wildman–Crippen LogP) is 2.15. The van der Waals surface area contributed by atoms with E-state index in [9.17, 15) is 4.79 Å². The van der Waals surface area contributed by atoms with Crippen molar-refractivity contribution in [3.05, 3.63) is 29.8 Å². The highest BCUT2D eigenvalue weighted by Crippen LogP contribution is 2.24. The van der Waals surface area contributed by atoms with Gasteiger partial charge in [0.05, 0.1) is 13.2 Å². The molecule has 1 heterocycles. The average molecular weight is 333 g/mol. The maximum absolute atomic E-state index is 12.1. The van der Waals surface area contributed by atoms with Crippen LogP contribution in [0.3, 0.4) is 0 Å². The van der Waals surface area contributed by atoms with Crippen LogP contribution in [0.25, 0.3) is 0 Å². The lowest BCUT2D eigenvalue weighted by Crippen LogP contribution is -2.48. The van der Waals surface area contributed by atoms with Gasteiger partial charge in [-0.2, -0.15) is 0 Å². The number of methoxy groups -OCH3 is 1. The smallest absolute Gasteiger partial charge is 0.220 e. The van der Waals surface area contributed by atoms with E-state index in [1.807, 2.05) is 12.1 Å². The van der Waals surface area contributed by atoms with E-state index in [0.29, 0.717) is 18.9 Å². The van der Waals surface area contributed by atoms with E-state index in [2.05, 4.69) is 48.1 Å². The summed E-state index contributed by atoms with van der Waals surface area (Å²) in [6, 6.07) is 8.41. The Kier molecular flexibility index (Phi) is 7.06. The minimum Gasteiger partial charge on any atom is -0.497 e. The molecule has 0 aromatic heterocycles. The topological polar surface area (TPSA) is 44.8 Å². The van der Waals surface area contributed by atoms with Gasteiger partial charge in [-0.25, -0.2) is 0 Å². The van der Waals surface area contributed by atoms with Crippen LogP contribution in [0.15, 0.2) is 24.3 Å². The molecule has 1 amide bonds. The number of piperazine rings is 1. The molecule has 1 aromatic rings. The molecule has 1 atom stereocenters.